The van der Waals surface area contributed by atoms with Crippen LogP contribution >= 0.6 is 11.3 Å². The number of ether oxygens (including phenoxy) is 1. The van der Waals surface area contributed by atoms with Gasteiger partial charge in [-0.05, 0) is 31.9 Å². The number of carbonyl (C=O) groups is 2. The van der Waals surface area contributed by atoms with Crippen LogP contribution in [0.15, 0.2) is 45.7 Å². The van der Waals surface area contributed by atoms with Crippen molar-refractivity contribution < 1.29 is 22.7 Å². The molecule has 1 aliphatic carbocycles. The summed E-state index contributed by atoms with van der Waals surface area (Å²) in [7, 11) is -3.69. The number of aromatic nitrogens is 1. The molecule has 1 atom stereocenters. The lowest BCUT2D eigenvalue weighted by Crippen LogP contribution is -2.47. The van der Waals surface area contributed by atoms with Crippen LogP contribution in [-0.2, 0) is 24.3 Å². The number of hydrogen-bond donors (Lipinski definition) is 1. The van der Waals surface area contributed by atoms with Crippen LogP contribution < -0.4 is 9.62 Å². The molecule has 1 saturated carbocycles. The van der Waals surface area contributed by atoms with Gasteiger partial charge in [-0.3, -0.25) is 24.2 Å². The number of hydrogen-bond acceptors (Lipinski definition) is 8. The lowest BCUT2D eigenvalue weighted by atomic mass is 9.94. The molecular weight excluding hydrogens is 452 g/mol. The Hall–Kier alpha value is -2.79. The summed E-state index contributed by atoms with van der Waals surface area (Å²) in [5.41, 5.74) is 0.400. The summed E-state index contributed by atoms with van der Waals surface area (Å²) in [6.07, 6.45) is 5.65. The number of anilines is 1. The summed E-state index contributed by atoms with van der Waals surface area (Å²) in [5, 5.41) is 2.41. The molecule has 11 heteroatoms. The Balaban J connectivity index is 1.43. The van der Waals surface area contributed by atoms with Gasteiger partial charge in [0, 0.05) is 23.2 Å². The predicted molar refractivity (Wildman–Crippen MR) is 120 cm³/mol. The maximum absolute atomic E-state index is 13.2. The van der Waals surface area contributed by atoms with E-state index in [0.29, 0.717) is 10.7 Å². The fraction of sp³-hybridized carbons (Fsp3) is 0.429. The van der Waals surface area contributed by atoms with E-state index in [2.05, 4.69) is 14.7 Å². The first-order chi connectivity index (χ1) is 15.4. The molecule has 1 aromatic heterocycles. The highest BCUT2D eigenvalue weighted by Crippen LogP contribution is 2.29. The number of nitrogens with zero attached hydrogens (tertiary/aromatic N) is 3. The molecule has 0 spiro atoms. The van der Waals surface area contributed by atoms with Gasteiger partial charge in [-0.15, -0.1) is 11.3 Å². The van der Waals surface area contributed by atoms with Crippen molar-refractivity contribution in [1.82, 2.24) is 9.71 Å². The van der Waals surface area contributed by atoms with E-state index in [-0.39, 0.29) is 22.7 Å². The molecule has 9 nitrogen and oxygen atoms in total. The molecule has 1 unspecified atom stereocenters. The van der Waals surface area contributed by atoms with Crippen LogP contribution in [0.5, 0.6) is 0 Å². The lowest BCUT2D eigenvalue weighted by molar-refractivity contribution is -0.152. The van der Waals surface area contributed by atoms with Gasteiger partial charge < -0.3 is 4.74 Å². The number of amides is 1. The Labute approximate surface area is 190 Å². The summed E-state index contributed by atoms with van der Waals surface area (Å²) >= 11 is 1.38. The van der Waals surface area contributed by atoms with Gasteiger partial charge in [0.1, 0.15) is 12.4 Å². The minimum Gasteiger partial charge on any atom is -0.451 e. The monoisotopic (exact) mass is 476 g/mol. The largest absolute Gasteiger partial charge is 0.451 e. The Kier molecular flexibility index (Phi) is 6.56. The second-order valence-corrected chi connectivity index (χ2v) is 10.2. The molecule has 0 radical (unpaired) electrons. The maximum atomic E-state index is 13.2. The van der Waals surface area contributed by atoms with E-state index < -0.39 is 28.6 Å². The number of amidine groups is 1. The van der Waals surface area contributed by atoms with Crippen LogP contribution in [0.25, 0.3) is 0 Å². The summed E-state index contributed by atoms with van der Waals surface area (Å²) in [6, 6.07) is 6.42. The van der Waals surface area contributed by atoms with E-state index in [1.165, 1.54) is 24.3 Å². The Morgan fingerprint density at radius 1 is 1.28 bits per heavy atom. The topological polar surface area (TPSA) is 118 Å². The van der Waals surface area contributed by atoms with Crippen LogP contribution in [0.3, 0.4) is 0 Å². The maximum Gasteiger partial charge on any atom is 0.328 e. The minimum atomic E-state index is -3.69. The average molecular weight is 477 g/mol. The highest BCUT2D eigenvalue weighted by Gasteiger charge is 2.33. The van der Waals surface area contributed by atoms with Crippen molar-refractivity contribution in [3.63, 3.8) is 0 Å². The summed E-state index contributed by atoms with van der Waals surface area (Å²) in [5.74, 6) is -0.951. The number of benzene rings is 1. The quantitative estimate of drug-likeness (QED) is 0.640. The molecule has 1 N–H and O–H groups in total. The van der Waals surface area contributed by atoms with Gasteiger partial charge in [0.25, 0.3) is 15.9 Å². The number of aliphatic imine (C=N–C) groups is 1. The number of fused-ring (bicyclic) bond motifs is 1. The first kappa shape index (κ1) is 22.4. The Morgan fingerprint density at radius 2 is 2.03 bits per heavy atom. The smallest absolute Gasteiger partial charge is 0.328 e. The molecule has 32 heavy (non-hydrogen) atoms. The summed E-state index contributed by atoms with van der Waals surface area (Å²) in [4.78, 5) is 35.7. The van der Waals surface area contributed by atoms with E-state index >= 15 is 0 Å². The van der Waals surface area contributed by atoms with E-state index in [4.69, 9.17) is 4.74 Å². The second-order valence-electron chi connectivity index (χ2n) is 7.71. The minimum absolute atomic E-state index is 0.0354. The molecule has 2 aromatic rings. The van der Waals surface area contributed by atoms with Gasteiger partial charge in [-0.25, -0.2) is 13.4 Å². The third-order valence-corrected chi connectivity index (χ3v) is 7.66. The molecule has 1 amide bonds. The second kappa shape index (κ2) is 9.37. The average Bonchev–Trinajstić information content (AvgIpc) is 3.40. The standard InChI is InChI=1S/C21H24N4O5S2/c1-14(20(27)25(21-22-11-12-31-21)15-7-3-2-4-8-15)30-18(26)13-23-19-16-9-5-6-10-17(16)32(28,29)24-19/h5-6,9-12,14-15H,2-4,7-8,13H2,1H3,(H,23,24). The Bertz CT molecular complexity index is 1120. The van der Waals surface area contributed by atoms with Crippen molar-refractivity contribution >= 4 is 44.2 Å². The fourth-order valence-electron chi connectivity index (χ4n) is 3.98. The molecule has 1 aromatic carbocycles. The van der Waals surface area contributed by atoms with Gasteiger partial charge >= 0.3 is 5.97 Å². The predicted octanol–water partition coefficient (Wildman–Crippen LogP) is 2.48. The van der Waals surface area contributed by atoms with Crippen molar-refractivity contribution in [2.45, 2.75) is 56.1 Å². The van der Waals surface area contributed by atoms with E-state index in [0.717, 1.165) is 32.1 Å². The van der Waals surface area contributed by atoms with Gasteiger partial charge in [0.2, 0.25) is 0 Å². The van der Waals surface area contributed by atoms with E-state index in [1.54, 1.807) is 29.3 Å². The van der Waals surface area contributed by atoms with Crippen molar-refractivity contribution in [3.05, 3.63) is 41.4 Å². The zero-order valence-corrected chi connectivity index (χ0v) is 19.2. The zero-order valence-electron chi connectivity index (χ0n) is 17.6. The number of rotatable bonds is 6. The first-order valence-electron chi connectivity index (χ1n) is 10.5. The lowest BCUT2D eigenvalue weighted by Gasteiger charge is -2.33. The Morgan fingerprint density at radius 3 is 2.75 bits per heavy atom. The van der Waals surface area contributed by atoms with Gasteiger partial charge in [0.05, 0.1) is 4.90 Å². The molecule has 0 bridgehead atoms. The van der Waals surface area contributed by atoms with Gasteiger partial charge in [-0.1, -0.05) is 31.4 Å². The highest BCUT2D eigenvalue weighted by molar-refractivity contribution is 7.90. The number of thiazole rings is 1. The van der Waals surface area contributed by atoms with Crippen LogP contribution in [0, 0.1) is 0 Å². The van der Waals surface area contributed by atoms with Gasteiger partial charge in [0.15, 0.2) is 11.2 Å². The summed E-state index contributed by atoms with van der Waals surface area (Å²) < 4.78 is 32.0. The van der Waals surface area contributed by atoms with Crippen molar-refractivity contribution in [2.24, 2.45) is 4.99 Å². The molecule has 1 aliphatic heterocycles. The van der Waals surface area contributed by atoms with Crippen LogP contribution in [-0.4, -0.2) is 49.8 Å². The van der Waals surface area contributed by atoms with Crippen LogP contribution in [0.2, 0.25) is 0 Å². The highest BCUT2D eigenvalue weighted by atomic mass is 32.2. The number of sulfonamides is 1. The molecule has 170 valence electrons. The van der Waals surface area contributed by atoms with Crippen LogP contribution in [0.4, 0.5) is 5.13 Å². The SMILES string of the molecule is CC(OC(=O)CN=C1NS(=O)(=O)c2ccccc21)C(=O)N(c1nccs1)C1CCCCC1. The number of esters is 1. The molecule has 2 aliphatic rings. The number of carbonyl (C=O) groups excluding carboxylic acids is 2. The summed E-state index contributed by atoms with van der Waals surface area (Å²) in [6.45, 7) is 1.12. The third-order valence-electron chi connectivity index (χ3n) is 5.49. The third kappa shape index (κ3) is 4.68. The van der Waals surface area contributed by atoms with Gasteiger partial charge in [-0.2, -0.15) is 0 Å². The number of nitrogens with one attached hydrogen (secondary N) is 1. The molecule has 0 saturated heterocycles. The molecule has 4 rings (SSSR count). The van der Waals surface area contributed by atoms with Crippen molar-refractivity contribution in [3.8, 4) is 0 Å². The molecule has 2 heterocycles. The normalized spacial score (nSPS) is 19.7. The van der Waals surface area contributed by atoms with E-state index in [1.807, 2.05) is 5.38 Å². The zero-order chi connectivity index (χ0) is 22.7. The van der Waals surface area contributed by atoms with E-state index in [9.17, 15) is 18.0 Å². The van der Waals surface area contributed by atoms with Crippen molar-refractivity contribution in [1.29, 1.82) is 0 Å². The molecule has 1 fully saturated rings. The first-order valence-corrected chi connectivity index (χ1v) is 12.8. The van der Waals surface area contributed by atoms with Crippen LogP contribution in [0.1, 0.15) is 44.6 Å². The van der Waals surface area contributed by atoms with Crippen molar-refractivity contribution in [2.75, 3.05) is 11.4 Å². The molecular formula is C21H24N4O5S2. The fourth-order valence-corrected chi connectivity index (χ4v) is 5.95.